The highest BCUT2D eigenvalue weighted by molar-refractivity contribution is 5.82. The summed E-state index contributed by atoms with van der Waals surface area (Å²) in [7, 11) is 3.42. The van der Waals surface area contributed by atoms with Crippen LogP contribution in [0.4, 0.5) is 5.69 Å². The van der Waals surface area contributed by atoms with Crippen molar-refractivity contribution in [3.63, 3.8) is 0 Å². The number of methoxy groups -OCH3 is 1. The van der Waals surface area contributed by atoms with Crippen molar-refractivity contribution in [1.82, 2.24) is 0 Å². The maximum atomic E-state index is 11.1. The fourth-order valence-electron chi connectivity index (χ4n) is 2.59. The van der Waals surface area contributed by atoms with E-state index in [1.165, 1.54) is 24.4 Å². The molecule has 0 bridgehead atoms. The molecule has 1 aromatic rings. The minimum Gasteiger partial charge on any atom is -0.466 e. The lowest BCUT2D eigenvalue weighted by atomic mass is 9.84. The maximum Gasteiger partial charge on any atom is 0.330 e. The predicted molar refractivity (Wildman–Crippen MR) is 77.1 cm³/mol. The van der Waals surface area contributed by atoms with Crippen LogP contribution in [0, 0.1) is 0 Å². The third-order valence-electron chi connectivity index (χ3n) is 3.63. The number of allylic oxidation sites excluding steroid dienone is 3. The number of anilines is 1. The SMILES string of the molecule is COC(=O)C=CC=C1N(C)c2ccccc2C1(C)C. The molecule has 0 radical (unpaired) electrons. The van der Waals surface area contributed by atoms with Crippen molar-refractivity contribution in [2.45, 2.75) is 19.3 Å². The number of para-hydroxylation sites is 1. The average molecular weight is 257 g/mol. The maximum absolute atomic E-state index is 11.1. The Hall–Kier alpha value is -2.03. The largest absolute Gasteiger partial charge is 0.466 e. The smallest absolute Gasteiger partial charge is 0.330 e. The normalized spacial score (nSPS) is 18.9. The molecule has 0 N–H and O–H groups in total. The zero-order valence-corrected chi connectivity index (χ0v) is 11.8. The van der Waals surface area contributed by atoms with Crippen LogP contribution in [0.1, 0.15) is 19.4 Å². The molecule has 1 aliphatic rings. The van der Waals surface area contributed by atoms with Crippen molar-refractivity contribution in [1.29, 1.82) is 0 Å². The number of hydrogen-bond donors (Lipinski definition) is 0. The number of ether oxygens (including phenoxy) is 1. The van der Waals surface area contributed by atoms with Gasteiger partial charge in [0, 0.05) is 29.9 Å². The fourth-order valence-corrected chi connectivity index (χ4v) is 2.59. The van der Waals surface area contributed by atoms with E-state index in [2.05, 4.69) is 41.7 Å². The Labute approximate surface area is 114 Å². The van der Waals surface area contributed by atoms with Gasteiger partial charge in [-0.3, -0.25) is 0 Å². The second-order valence-corrected chi connectivity index (χ2v) is 5.14. The summed E-state index contributed by atoms with van der Waals surface area (Å²) in [5, 5.41) is 0. The molecular formula is C16H19NO2. The monoisotopic (exact) mass is 257 g/mol. The first-order chi connectivity index (χ1) is 8.98. The third kappa shape index (κ3) is 2.28. The standard InChI is InChI=1S/C16H19NO2/c1-16(2)12-8-5-6-9-13(12)17(3)14(16)10-7-11-15(18)19-4/h5-11H,1-4H3. The highest BCUT2D eigenvalue weighted by atomic mass is 16.5. The minimum atomic E-state index is -0.340. The Bertz CT molecular complexity index is 556. The average Bonchev–Trinajstić information content (AvgIpc) is 2.60. The van der Waals surface area contributed by atoms with Crippen LogP contribution in [0.3, 0.4) is 0 Å². The summed E-state index contributed by atoms with van der Waals surface area (Å²) in [6.07, 6.45) is 5.14. The number of esters is 1. The van der Waals surface area contributed by atoms with Gasteiger partial charge in [-0.15, -0.1) is 0 Å². The van der Waals surface area contributed by atoms with Gasteiger partial charge < -0.3 is 9.64 Å². The van der Waals surface area contributed by atoms with Gasteiger partial charge in [-0.1, -0.05) is 38.1 Å². The zero-order chi connectivity index (χ0) is 14.0. The number of carbonyl (C=O) groups is 1. The van der Waals surface area contributed by atoms with Crippen LogP contribution in [0.15, 0.2) is 48.2 Å². The molecule has 19 heavy (non-hydrogen) atoms. The Kier molecular flexibility index (Phi) is 3.47. The number of fused-ring (bicyclic) bond motifs is 1. The van der Waals surface area contributed by atoms with Crippen molar-refractivity contribution in [2.75, 3.05) is 19.1 Å². The molecule has 0 atom stereocenters. The van der Waals surface area contributed by atoms with E-state index in [4.69, 9.17) is 0 Å². The van der Waals surface area contributed by atoms with E-state index >= 15 is 0 Å². The van der Waals surface area contributed by atoms with Gasteiger partial charge in [0.2, 0.25) is 0 Å². The molecule has 0 aliphatic carbocycles. The van der Waals surface area contributed by atoms with Gasteiger partial charge >= 0.3 is 5.97 Å². The number of rotatable bonds is 2. The van der Waals surface area contributed by atoms with E-state index in [1.807, 2.05) is 19.2 Å². The zero-order valence-electron chi connectivity index (χ0n) is 11.8. The highest BCUT2D eigenvalue weighted by Crippen LogP contribution is 2.46. The summed E-state index contributed by atoms with van der Waals surface area (Å²) in [5.74, 6) is -0.340. The second kappa shape index (κ2) is 4.92. The topological polar surface area (TPSA) is 29.5 Å². The summed E-state index contributed by atoms with van der Waals surface area (Å²) in [5.41, 5.74) is 3.61. The summed E-state index contributed by atoms with van der Waals surface area (Å²) < 4.78 is 4.59. The van der Waals surface area contributed by atoms with Crippen LogP contribution in [-0.4, -0.2) is 20.1 Å². The molecule has 0 aromatic heterocycles. The minimum absolute atomic E-state index is 0.0637. The van der Waals surface area contributed by atoms with Gasteiger partial charge in [0.05, 0.1) is 7.11 Å². The van der Waals surface area contributed by atoms with Crippen LogP contribution in [0.25, 0.3) is 0 Å². The molecule has 0 unspecified atom stereocenters. The molecule has 3 nitrogen and oxygen atoms in total. The van der Waals surface area contributed by atoms with E-state index in [0.29, 0.717) is 0 Å². The Morgan fingerprint density at radius 3 is 2.63 bits per heavy atom. The first-order valence-electron chi connectivity index (χ1n) is 6.28. The van der Waals surface area contributed by atoms with Crippen LogP contribution >= 0.6 is 0 Å². The second-order valence-electron chi connectivity index (χ2n) is 5.14. The first kappa shape index (κ1) is 13.4. The number of carbonyl (C=O) groups excluding carboxylic acids is 1. The van der Waals surface area contributed by atoms with Gasteiger partial charge in [-0.05, 0) is 17.7 Å². The quantitative estimate of drug-likeness (QED) is 0.602. The van der Waals surface area contributed by atoms with E-state index in [-0.39, 0.29) is 11.4 Å². The lowest BCUT2D eigenvalue weighted by Crippen LogP contribution is -2.22. The molecule has 2 rings (SSSR count). The Morgan fingerprint density at radius 1 is 1.32 bits per heavy atom. The molecule has 0 saturated carbocycles. The van der Waals surface area contributed by atoms with Gasteiger partial charge in [-0.2, -0.15) is 0 Å². The van der Waals surface area contributed by atoms with Crippen molar-refractivity contribution in [3.8, 4) is 0 Å². The van der Waals surface area contributed by atoms with E-state index in [1.54, 1.807) is 6.08 Å². The molecular weight excluding hydrogens is 238 g/mol. The van der Waals surface area contributed by atoms with Crippen LogP contribution < -0.4 is 4.90 Å². The van der Waals surface area contributed by atoms with Crippen molar-refractivity contribution in [3.05, 3.63) is 53.8 Å². The Morgan fingerprint density at radius 2 is 2.00 bits per heavy atom. The van der Waals surface area contributed by atoms with Crippen LogP contribution in [0.2, 0.25) is 0 Å². The number of likely N-dealkylation sites (N-methyl/N-ethyl adjacent to an activating group) is 1. The number of hydrogen-bond acceptors (Lipinski definition) is 3. The van der Waals surface area contributed by atoms with Crippen LogP contribution in [0.5, 0.6) is 0 Å². The van der Waals surface area contributed by atoms with Crippen LogP contribution in [-0.2, 0) is 14.9 Å². The van der Waals surface area contributed by atoms with Crippen molar-refractivity contribution >= 4 is 11.7 Å². The van der Waals surface area contributed by atoms with Gasteiger partial charge in [-0.25, -0.2) is 4.79 Å². The molecule has 1 aromatic carbocycles. The highest BCUT2D eigenvalue weighted by Gasteiger charge is 2.37. The van der Waals surface area contributed by atoms with Crippen molar-refractivity contribution < 1.29 is 9.53 Å². The molecule has 0 saturated heterocycles. The summed E-state index contributed by atoms with van der Waals surface area (Å²) >= 11 is 0. The van der Waals surface area contributed by atoms with E-state index in [9.17, 15) is 4.79 Å². The molecule has 100 valence electrons. The van der Waals surface area contributed by atoms with Crippen molar-refractivity contribution in [2.24, 2.45) is 0 Å². The third-order valence-corrected chi connectivity index (χ3v) is 3.63. The lowest BCUT2D eigenvalue weighted by molar-refractivity contribution is -0.134. The summed E-state index contributed by atoms with van der Waals surface area (Å²) in [4.78, 5) is 13.3. The van der Waals surface area contributed by atoms with E-state index in [0.717, 1.165) is 5.70 Å². The molecule has 0 fully saturated rings. The molecule has 0 amide bonds. The lowest BCUT2D eigenvalue weighted by Gasteiger charge is -2.23. The molecule has 0 spiro atoms. The first-order valence-corrected chi connectivity index (χ1v) is 6.28. The number of nitrogens with zero attached hydrogens (tertiary/aromatic N) is 1. The van der Waals surface area contributed by atoms with E-state index < -0.39 is 0 Å². The molecule has 1 heterocycles. The van der Waals surface area contributed by atoms with Gasteiger partial charge in [0.25, 0.3) is 0 Å². The predicted octanol–water partition coefficient (Wildman–Crippen LogP) is 3.03. The van der Waals surface area contributed by atoms with Gasteiger partial charge in [0.15, 0.2) is 0 Å². The fraction of sp³-hybridized carbons (Fsp3) is 0.312. The summed E-state index contributed by atoms with van der Waals surface area (Å²) in [6, 6.07) is 8.36. The summed E-state index contributed by atoms with van der Waals surface area (Å²) in [6.45, 7) is 4.38. The molecule has 3 heteroatoms. The Balaban J connectivity index is 2.37. The number of benzene rings is 1. The molecule has 1 aliphatic heterocycles. The van der Waals surface area contributed by atoms with Gasteiger partial charge in [0.1, 0.15) is 0 Å².